The Balaban J connectivity index is 0.00000308. The van der Waals surface area contributed by atoms with Crippen LogP contribution in [-0.4, -0.2) is 5.97 Å². The van der Waals surface area contributed by atoms with Crippen LogP contribution in [0.3, 0.4) is 0 Å². The van der Waals surface area contributed by atoms with Crippen LogP contribution in [0.15, 0.2) is 115 Å². The molecule has 0 amide bonds. The molecule has 4 nitrogen and oxygen atoms in total. The number of aryl methyl sites for hydroxylation is 1. The van der Waals surface area contributed by atoms with Crippen molar-refractivity contribution >= 4 is 29.0 Å². The zero-order valence-corrected chi connectivity index (χ0v) is 23.8. The molecular formula is C34H24NNaO3. The Morgan fingerprint density at radius 1 is 0.744 bits per heavy atom. The van der Waals surface area contributed by atoms with Crippen LogP contribution >= 0.6 is 0 Å². The number of ether oxygens (including phenoxy) is 1. The first-order valence-corrected chi connectivity index (χ1v) is 12.4. The third-order valence-electron chi connectivity index (χ3n) is 6.64. The molecule has 0 aliphatic carbocycles. The maximum atomic E-state index is 12.1. The number of nitrogens with one attached hydrogen (secondary N) is 1. The summed E-state index contributed by atoms with van der Waals surface area (Å²) in [6.45, 7) is 2.07. The van der Waals surface area contributed by atoms with E-state index in [1.54, 1.807) is 12.1 Å². The third-order valence-corrected chi connectivity index (χ3v) is 6.64. The summed E-state index contributed by atoms with van der Waals surface area (Å²) in [5.74, 6) is 0.0989. The van der Waals surface area contributed by atoms with E-state index in [-0.39, 0.29) is 35.1 Å². The number of rotatable bonds is 5. The Hall–Kier alpha value is -4.09. The van der Waals surface area contributed by atoms with Crippen LogP contribution < -0.4 is 55.2 Å². The minimum Gasteiger partial charge on any atom is -0.545 e. The SMILES string of the molecule is Cc1ccc(/C=c2\ccc3c(c2)Oc2cc(Nc4ccccc4)ccc2C=3c2ccccc2C(=O)[O-])cc1.[Na+]. The molecule has 39 heavy (non-hydrogen) atoms. The van der Waals surface area contributed by atoms with Crippen LogP contribution in [0.25, 0.3) is 11.6 Å². The number of hydrogen-bond acceptors (Lipinski definition) is 4. The van der Waals surface area contributed by atoms with Gasteiger partial charge in [-0.3, -0.25) is 0 Å². The normalized spacial score (nSPS) is 12.0. The van der Waals surface area contributed by atoms with Gasteiger partial charge in [0.1, 0.15) is 11.5 Å². The van der Waals surface area contributed by atoms with Crippen LogP contribution in [0.4, 0.5) is 11.4 Å². The van der Waals surface area contributed by atoms with Crippen molar-refractivity contribution in [2.45, 2.75) is 6.92 Å². The van der Waals surface area contributed by atoms with Crippen molar-refractivity contribution in [1.29, 1.82) is 0 Å². The molecule has 0 saturated heterocycles. The molecule has 5 aromatic rings. The number of carbonyl (C=O) groups is 1. The average Bonchev–Trinajstić information content (AvgIpc) is 2.93. The van der Waals surface area contributed by atoms with Gasteiger partial charge in [0, 0.05) is 39.4 Å². The quantitative estimate of drug-likeness (QED) is 0.357. The number of fused-ring (bicyclic) bond motifs is 2. The second-order valence-electron chi connectivity index (χ2n) is 9.32. The van der Waals surface area contributed by atoms with Crippen molar-refractivity contribution in [2.75, 3.05) is 5.32 Å². The summed E-state index contributed by atoms with van der Waals surface area (Å²) in [7, 11) is 0. The van der Waals surface area contributed by atoms with Gasteiger partial charge in [0.25, 0.3) is 0 Å². The van der Waals surface area contributed by atoms with Gasteiger partial charge < -0.3 is 20.0 Å². The number of aromatic carboxylic acids is 1. The third kappa shape index (κ3) is 5.55. The molecule has 0 fully saturated rings. The van der Waals surface area contributed by atoms with Gasteiger partial charge in [-0.2, -0.15) is 0 Å². The molecule has 1 heterocycles. The first kappa shape index (κ1) is 26.5. The Kier molecular flexibility index (Phi) is 7.71. The minimum atomic E-state index is -1.21. The molecule has 0 aromatic heterocycles. The summed E-state index contributed by atoms with van der Waals surface area (Å²) in [6, 6.07) is 37.1. The van der Waals surface area contributed by atoms with E-state index >= 15 is 0 Å². The van der Waals surface area contributed by atoms with Crippen LogP contribution in [0.2, 0.25) is 0 Å². The van der Waals surface area contributed by atoms with Gasteiger partial charge in [0.05, 0.1) is 5.97 Å². The number of carbonyl (C=O) groups excluding carboxylic acids is 1. The molecule has 5 heteroatoms. The summed E-state index contributed by atoms with van der Waals surface area (Å²) in [4.78, 5) is 12.1. The molecule has 0 unspecified atom stereocenters. The van der Waals surface area contributed by atoms with Gasteiger partial charge in [-0.05, 0) is 65.7 Å². The summed E-state index contributed by atoms with van der Waals surface area (Å²) < 4.78 is 6.46. The summed E-state index contributed by atoms with van der Waals surface area (Å²) in [6.07, 6.45) is 2.10. The zero-order valence-electron chi connectivity index (χ0n) is 21.8. The molecule has 0 saturated carbocycles. The van der Waals surface area contributed by atoms with E-state index < -0.39 is 5.97 Å². The van der Waals surface area contributed by atoms with Gasteiger partial charge in [-0.15, -0.1) is 0 Å². The van der Waals surface area contributed by atoms with E-state index in [4.69, 9.17) is 4.74 Å². The van der Waals surface area contributed by atoms with Crippen molar-refractivity contribution < 1.29 is 44.2 Å². The molecule has 0 radical (unpaired) electrons. The molecular weight excluding hydrogens is 493 g/mol. The fourth-order valence-corrected chi connectivity index (χ4v) is 4.79. The average molecular weight is 518 g/mol. The van der Waals surface area contributed by atoms with Crippen molar-refractivity contribution in [3.05, 3.63) is 154 Å². The molecule has 1 aliphatic heterocycles. The summed E-state index contributed by atoms with van der Waals surface area (Å²) in [5.41, 5.74) is 6.49. The zero-order chi connectivity index (χ0) is 26.1. The monoisotopic (exact) mass is 517 g/mol. The van der Waals surface area contributed by atoms with Crippen LogP contribution in [-0.2, 0) is 0 Å². The fourth-order valence-electron chi connectivity index (χ4n) is 4.79. The molecule has 6 rings (SSSR count). The van der Waals surface area contributed by atoms with E-state index in [2.05, 4.69) is 42.6 Å². The Morgan fingerprint density at radius 2 is 1.49 bits per heavy atom. The first-order chi connectivity index (χ1) is 18.5. The van der Waals surface area contributed by atoms with E-state index in [1.165, 1.54) is 5.56 Å². The summed E-state index contributed by atoms with van der Waals surface area (Å²) >= 11 is 0. The second-order valence-corrected chi connectivity index (χ2v) is 9.32. The molecule has 0 spiro atoms. The van der Waals surface area contributed by atoms with Gasteiger partial charge in [-0.25, -0.2) is 0 Å². The Bertz CT molecular complexity index is 1800. The molecule has 1 aliphatic rings. The summed E-state index contributed by atoms with van der Waals surface area (Å²) in [5, 5.41) is 17.3. The number of anilines is 2. The van der Waals surface area contributed by atoms with Crippen LogP contribution in [0, 0.1) is 6.92 Å². The number of carboxylic acid groups (broad SMARTS) is 1. The van der Waals surface area contributed by atoms with Crippen molar-refractivity contribution in [2.24, 2.45) is 0 Å². The van der Waals surface area contributed by atoms with E-state index in [9.17, 15) is 9.90 Å². The van der Waals surface area contributed by atoms with E-state index in [0.717, 1.165) is 38.5 Å². The standard InChI is InChI=1S/C34H25NO3.Na/c1-22-11-13-23(14-12-22)19-24-15-17-29-31(20-24)38-32-21-26(35-25-7-3-2-4-8-25)16-18-30(32)33(29)27-9-5-6-10-28(27)34(36)37;/h2-21,35H,1H3,(H,36,37);/q;+1/p-1/b24-19+;. The van der Waals surface area contributed by atoms with E-state index in [1.807, 2.05) is 78.9 Å². The number of hydrogen-bond donors (Lipinski definition) is 1. The smallest absolute Gasteiger partial charge is 0.545 e. The fraction of sp³-hybridized carbons (Fsp3) is 0.0294. The van der Waals surface area contributed by atoms with Crippen LogP contribution in [0.5, 0.6) is 11.5 Å². The van der Waals surface area contributed by atoms with Gasteiger partial charge >= 0.3 is 29.6 Å². The van der Waals surface area contributed by atoms with Crippen molar-refractivity contribution in [3.63, 3.8) is 0 Å². The minimum absolute atomic E-state index is 0. The van der Waals surface area contributed by atoms with E-state index in [0.29, 0.717) is 17.1 Å². The maximum Gasteiger partial charge on any atom is 1.00 e. The molecule has 0 atom stereocenters. The van der Waals surface area contributed by atoms with Gasteiger partial charge in [-0.1, -0.05) is 78.4 Å². The number of carboxylic acids is 1. The molecule has 5 aromatic carbocycles. The Morgan fingerprint density at radius 3 is 2.26 bits per heavy atom. The molecule has 1 N–H and O–H groups in total. The molecule has 184 valence electrons. The predicted octanol–water partition coefficient (Wildman–Crippen LogP) is 2.29. The number of benzene rings is 5. The van der Waals surface area contributed by atoms with Crippen molar-refractivity contribution in [1.82, 2.24) is 0 Å². The Labute approximate surface area is 249 Å². The largest absolute Gasteiger partial charge is 1.00 e. The number of para-hydroxylation sites is 1. The predicted molar refractivity (Wildman–Crippen MR) is 149 cm³/mol. The molecule has 0 bridgehead atoms. The van der Waals surface area contributed by atoms with Gasteiger partial charge in [0.2, 0.25) is 0 Å². The van der Waals surface area contributed by atoms with Crippen molar-refractivity contribution in [3.8, 4) is 11.5 Å². The topological polar surface area (TPSA) is 61.4 Å². The first-order valence-electron chi connectivity index (χ1n) is 12.4. The maximum absolute atomic E-state index is 12.1. The van der Waals surface area contributed by atoms with Crippen LogP contribution in [0.1, 0.15) is 32.6 Å². The van der Waals surface area contributed by atoms with Gasteiger partial charge in [0.15, 0.2) is 0 Å². The second kappa shape index (κ2) is 11.3.